The molecule has 3 heteroatoms. The van der Waals surface area contributed by atoms with Crippen LogP contribution in [0.15, 0.2) is 0 Å². The summed E-state index contributed by atoms with van der Waals surface area (Å²) in [4.78, 5) is 0. The number of aliphatic hydroxyl groups is 1. The van der Waals surface area contributed by atoms with Crippen molar-refractivity contribution in [2.45, 2.75) is 98.8 Å². The Bertz CT molecular complexity index is 433. The molecule has 2 saturated carbocycles. The summed E-state index contributed by atoms with van der Waals surface area (Å²) in [5, 5.41) is 13.9. The minimum atomic E-state index is -0.442. The Hall–Kier alpha value is -0.120. The van der Waals surface area contributed by atoms with E-state index in [0.29, 0.717) is 18.6 Å². The van der Waals surface area contributed by atoms with Crippen LogP contribution in [0.25, 0.3) is 0 Å². The predicted molar refractivity (Wildman–Crippen MR) is 101 cm³/mol. The lowest BCUT2D eigenvalue weighted by Crippen LogP contribution is -2.48. The molecule has 4 atom stereocenters. The second-order valence-corrected chi connectivity index (χ2v) is 11.3. The molecule has 0 aromatic heterocycles. The van der Waals surface area contributed by atoms with Crippen molar-refractivity contribution in [3.05, 3.63) is 0 Å². The SMILES string of the molecule is CC(C)(C)CC(C)(C)NC[C@@H](O)CO[C@@H]1C(C)(C)[C@H]2CC[C@@]1(C)C2. The highest BCUT2D eigenvalue weighted by molar-refractivity contribution is 5.09. The summed E-state index contributed by atoms with van der Waals surface area (Å²) in [6.07, 6.45) is 4.82. The quantitative estimate of drug-likeness (QED) is 0.723. The van der Waals surface area contributed by atoms with Crippen molar-refractivity contribution in [3.63, 3.8) is 0 Å². The van der Waals surface area contributed by atoms with E-state index in [1.807, 2.05) is 0 Å². The van der Waals surface area contributed by atoms with Crippen LogP contribution in [-0.4, -0.2) is 36.0 Å². The monoisotopic (exact) mass is 339 g/mol. The van der Waals surface area contributed by atoms with Crippen LogP contribution in [0, 0.1) is 22.2 Å². The second kappa shape index (κ2) is 6.55. The van der Waals surface area contributed by atoms with E-state index in [4.69, 9.17) is 4.74 Å². The van der Waals surface area contributed by atoms with E-state index >= 15 is 0 Å². The molecule has 0 heterocycles. The third-order valence-electron chi connectivity index (χ3n) is 6.38. The molecule has 2 fully saturated rings. The van der Waals surface area contributed by atoms with Crippen LogP contribution in [0.2, 0.25) is 0 Å². The normalized spacial score (nSPS) is 33.9. The molecule has 0 aromatic carbocycles. The minimum absolute atomic E-state index is 0.0247. The lowest BCUT2D eigenvalue weighted by atomic mass is 9.70. The first-order valence-electron chi connectivity index (χ1n) is 9.80. The highest BCUT2D eigenvalue weighted by Crippen LogP contribution is 2.63. The lowest BCUT2D eigenvalue weighted by Gasteiger charge is -2.42. The Morgan fingerprint density at radius 1 is 1.17 bits per heavy atom. The van der Waals surface area contributed by atoms with Gasteiger partial charge >= 0.3 is 0 Å². The van der Waals surface area contributed by atoms with Gasteiger partial charge in [0.05, 0.1) is 18.8 Å². The number of aliphatic hydroxyl groups excluding tert-OH is 1. The highest BCUT2D eigenvalue weighted by Gasteiger charge is 2.60. The van der Waals surface area contributed by atoms with Crippen LogP contribution >= 0.6 is 0 Å². The van der Waals surface area contributed by atoms with Crippen molar-refractivity contribution in [1.29, 1.82) is 0 Å². The van der Waals surface area contributed by atoms with E-state index in [1.165, 1.54) is 19.3 Å². The lowest BCUT2D eigenvalue weighted by molar-refractivity contribution is -0.110. The van der Waals surface area contributed by atoms with Crippen LogP contribution in [0.1, 0.15) is 81.1 Å². The number of fused-ring (bicyclic) bond motifs is 2. The minimum Gasteiger partial charge on any atom is -0.389 e. The van der Waals surface area contributed by atoms with Gasteiger partial charge in [-0.25, -0.2) is 0 Å². The van der Waals surface area contributed by atoms with Crippen molar-refractivity contribution < 1.29 is 9.84 Å². The van der Waals surface area contributed by atoms with E-state index in [1.54, 1.807) is 0 Å². The Balaban J connectivity index is 1.80. The van der Waals surface area contributed by atoms with Crippen LogP contribution in [0.4, 0.5) is 0 Å². The van der Waals surface area contributed by atoms with Crippen LogP contribution in [-0.2, 0) is 4.74 Å². The van der Waals surface area contributed by atoms with Crippen molar-refractivity contribution in [1.82, 2.24) is 5.32 Å². The standard InChI is InChI=1S/C21H41NO2/c1-18(2,3)14-19(4,5)22-12-16(23)13-24-17-20(6,7)15-9-10-21(17,8)11-15/h15-17,22-23H,9-14H2,1-8H3/t15-,16+,17+,21-/m0/s1. The van der Waals surface area contributed by atoms with Crippen LogP contribution < -0.4 is 5.32 Å². The summed E-state index contributed by atoms with van der Waals surface area (Å²) in [5.74, 6) is 0.786. The number of nitrogens with one attached hydrogen (secondary N) is 1. The number of rotatable bonds is 7. The fourth-order valence-corrected chi connectivity index (χ4v) is 5.72. The van der Waals surface area contributed by atoms with Crippen LogP contribution in [0.3, 0.4) is 0 Å². The number of β-amino-alcohol motifs (C(OH)–C–C–N with tert-alkyl or cyclic N) is 1. The molecule has 2 aliphatic carbocycles. The summed E-state index contributed by atoms with van der Waals surface area (Å²) < 4.78 is 6.29. The van der Waals surface area contributed by atoms with Gasteiger partial charge in [-0.15, -0.1) is 0 Å². The molecule has 3 nitrogen and oxygen atoms in total. The fourth-order valence-electron chi connectivity index (χ4n) is 5.72. The van der Waals surface area contributed by atoms with Crippen molar-refractivity contribution in [3.8, 4) is 0 Å². The number of ether oxygens (including phenoxy) is 1. The molecule has 0 spiro atoms. The zero-order valence-electron chi connectivity index (χ0n) is 17.3. The molecule has 0 aliphatic heterocycles. The van der Waals surface area contributed by atoms with Gasteiger partial charge in [0.1, 0.15) is 0 Å². The van der Waals surface area contributed by atoms with Crippen molar-refractivity contribution in [2.24, 2.45) is 22.2 Å². The molecule has 0 unspecified atom stereocenters. The summed E-state index contributed by atoms with van der Waals surface area (Å²) in [6.45, 7) is 19.3. The van der Waals surface area contributed by atoms with E-state index in [2.05, 4.69) is 60.7 Å². The average molecular weight is 340 g/mol. The molecule has 0 saturated heterocycles. The van der Waals surface area contributed by atoms with Gasteiger partial charge in [-0.3, -0.25) is 0 Å². The topological polar surface area (TPSA) is 41.5 Å². The predicted octanol–water partition coefficient (Wildman–Crippen LogP) is 4.38. The van der Waals surface area contributed by atoms with Gasteiger partial charge in [0.15, 0.2) is 0 Å². The van der Waals surface area contributed by atoms with E-state index in [-0.39, 0.29) is 22.5 Å². The summed E-state index contributed by atoms with van der Waals surface area (Å²) >= 11 is 0. The third-order valence-corrected chi connectivity index (χ3v) is 6.38. The first-order valence-corrected chi connectivity index (χ1v) is 9.80. The van der Waals surface area contributed by atoms with Crippen LogP contribution in [0.5, 0.6) is 0 Å². The Morgan fingerprint density at radius 3 is 2.29 bits per heavy atom. The van der Waals surface area contributed by atoms with E-state index in [0.717, 1.165) is 12.3 Å². The molecule has 2 bridgehead atoms. The Kier molecular flexibility index (Phi) is 5.52. The molecule has 0 aromatic rings. The molecule has 0 radical (unpaired) electrons. The molecule has 2 rings (SSSR count). The molecule has 2 aliphatic rings. The van der Waals surface area contributed by atoms with Gasteiger partial charge in [0.2, 0.25) is 0 Å². The summed E-state index contributed by atoms with van der Waals surface area (Å²) in [7, 11) is 0. The summed E-state index contributed by atoms with van der Waals surface area (Å²) in [5.41, 5.74) is 0.856. The molecule has 2 N–H and O–H groups in total. The van der Waals surface area contributed by atoms with Gasteiger partial charge in [-0.1, -0.05) is 41.5 Å². The number of hydrogen-bond acceptors (Lipinski definition) is 3. The second-order valence-electron chi connectivity index (χ2n) is 11.3. The first kappa shape index (κ1) is 20.2. The highest BCUT2D eigenvalue weighted by atomic mass is 16.5. The molecule has 142 valence electrons. The largest absolute Gasteiger partial charge is 0.389 e. The van der Waals surface area contributed by atoms with Gasteiger partial charge in [-0.05, 0) is 61.7 Å². The van der Waals surface area contributed by atoms with E-state index in [9.17, 15) is 5.11 Å². The third kappa shape index (κ3) is 4.53. The summed E-state index contributed by atoms with van der Waals surface area (Å²) in [6, 6.07) is 0. The van der Waals surface area contributed by atoms with Crippen molar-refractivity contribution >= 4 is 0 Å². The smallest absolute Gasteiger partial charge is 0.0898 e. The zero-order valence-corrected chi connectivity index (χ0v) is 17.3. The van der Waals surface area contributed by atoms with Gasteiger partial charge in [0.25, 0.3) is 0 Å². The fraction of sp³-hybridized carbons (Fsp3) is 1.00. The molecule has 0 amide bonds. The number of hydrogen-bond donors (Lipinski definition) is 2. The average Bonchev–Trinajstić information content (AvgIpc) is 2.84. The van der Waals surface area contributed by atoms with E-state index < -0.39 is 6.10 Å². The maximum Gasteiger partial charge on any atom is 0.0898 e. The van der Waals surface area contributed by atoms with Gasteiger partial charge in [-0.2, -0.15) is 0 Å². The zero-order chi connectivity index (χ0) is 18.4. The first-order chi connectivity index (χ1) is 10.8. The maximum atomic E-state index is 10.4. The van der Waals surface area contributed by atoms with Gasteiger partial charge in [0, 0.05) is 12.1 Å². The maximum absolute atomic E-state index is 10.4. The van der Waals surface area contributed by atoms with Crippen molar-refractivity contribution in [2.75, 3.05) is 13.2 Å². The Morgan fingerprint density at radius 2 is 1.79 bits per heavy atom. The molecular formula is C21H41NO2. The Labute approximate surface area is 149 Å². The van der Waals surface area contributed by atoms with Gasteiger partial charge < -0.3 is 15.2 Å². The molecule has 24 heavy (non-hydrogen) atoms. The molecular weight excluding hydrogens is 298 g/mol.